The van der Waals surface area contributed by atoms with Crippen molar-refractivity contribution in [3.8, 4) is 11.4 Å². The van der Waals surface area contributed by atoms with Crippen molar-refractivity contribution in [1.82, 2.24) is 20.2 Å². The Balaban J connectivity index is 2.65. The number of nitrogens with zero attached hydrogens (tertiary/aromatic N) is 3. The van der Waals surface area contributed by atoms with Crippen molar-refractivity contribution in [1.29, 1.82) is 0 Å². The van der Waals surface area contributed by atoms with Crippen LogP contribution in [0.2, 0.25) is 0 Å². The summed E-state index contributed by atoms with van der Waals surface area (Å²) in [4.78, 5) is 11.4. The van der Waals surface area contributed by atoms with E-state index in [1.807, 2.05) is 25.1 Å². The molecular weight excluding hydrogens is 208 g/mol. The van der Waals surface area contributed by atoms with Gasteiger partial charge in [-0.2, -0.15) is 4.68 Å². The molecule has 0 aliphatic carbocycles. The summed E-state index contributed by atoms with van der Waals surface area (Å²) >= 11 is 0. The summed E-state index contributed by atoms with van der Waals surface area (Å²) in [5.41, 5.74) is 1.27. The topological polar surface area (TPSA) is 72.8 Å². The fourth-order valence-corrected chi connectivity index (χ4v) is 1.65. The Kier molecular flexibility index (Phi) is 2.72. The average Bonchev–Trinajstić information content (AvgIpc) is 2.74. The Bertz CT molecular complexity index is 544. The highest BCUT2D eigenvalue weighted by Crippen LogP contribution is 2.24. The van der Waals surface area contributed by atoms with Gasteiger partial charge in [0.2, 0.25) is 0 Å². The van der Waals surface area contributed by atoms with Gasteiger partial charge in [-0.05, 0) is 29.0 Å². The molecule has 0 saturated carbocycles. The smallest absolute Gasteiger partial charge is 0.365 e. The number of aromatic nitrogens is 4. The third-order valence-corrected chi connectivity index (χ3v) is 2.38. The SMILES string of the molecule is CCc1c(OC)cccc1-n1nn[nH]c1=O. The maximum atomic E-state index is 11.4. The van der Waals surface area contributed by atoms with Crippen molar-refractivity contribution in [2.75, 3.05) is 7.11 Å². The largest absolute Gasteiger partial charge is 0.496 e. The summed E-state index contributed by atoms with van der Waals surface area (Å²) in [7, 11) is 1.60. The van der Waals surface area contributed by atoms with Crippen molar-refractivity contribution >= 4 is 0 Å². The van der Waals surface area contributed by atoms with Crippen molar-refractivity contribution in [3.05, 3.63) is 34.2 Å². The number of methoxy groups -OCH3 is 1. The molecule has 0 aliphatic rings. The van der Waals surface area contributed by atoms with Crippen LogP contribution in [0, 0.1) is 0 Å². The molecule has 16 heavy (non-hydrogen) atoms. The summed E-state index contributed by atoms with van der Waals surface area (Å²) in [5.74, 6) is 0.745. The molecule has 1 aromatic carbocycles. The van der Waals surface area contributed by atoms with Gasteiger partial charge in [-0.3, -0.25) is 0 Å². The van der Waals surface area contributed by atoms with Gasteiger partial charge in [-0.25, -0.2) is 9.89 Å². The minimum Gasteiger partial charge on any atom is -0.496 e. The molecule has 0 bridgehead atoms. The number of H-pyrrole nitrogens is 1. The standard InChI is InChI=1S/C10H12N4O2/c1-3-7-8(5-4-6-9(7)16-2)14-10(15)11-12-13-14/h4-6H,3H2,1-2H3,(H,11,13,15). The average molecular weight is 220 g/mol. The van der Waals surface area contributed by atoms with Crippen LogP contribution in [0.5, 0.6) is 5.75 Å². The van der Waals surface area contributed by atoms with E-state index >= 15 is 0 Å². The number of ether oxygens (including phenoxy) is 1. The zero-order valence-electron chi connectivity index (χ0n) is 9.10. The van der Waals surface area contributed by atoms with Gasteiger partial charge in [0.25, 0.3) is 0 Å². The number of nitrogens with one attached hydrogen (secondary N) is 1. The van der Waals surface area contributed by atoms with Crippen LogP contribution in [-0.4, -0.2) is 27.3 Å². The van der Waals surface area contributed by atoms with E-state index in [1.165, 1.54) is 4.68 Å². The maximum Gasteiger partial charge on any atom is 0.365 e. The van der Waals surface area contributed by atoms with E-state index in [4.69, 9.17) is 4.74 Å². The number of hydrogen-bond acceptors (Lipinski definition) is 4. The third-order valence-electron chi connectivity index (χ3n) is 2.38. The maximum absolute atomic E-state index is 11.4. The van der Waals surface area contributed by atoms with E-state index in [-0.39, 0.29) is 5.69 Å². The van der Waals surface area contributed by atoms with E-state index in [9.17, 15) is 4.79 Å². The van der Waals surface area contributed by atoms with Gasteiger partial charge >= 0.3 is 5.69 Å². The Hall–Kier alpha value is -2.11. The summed E-state index contributed by atoms with van der Waals surface area (Å²) in [6, 6.07) is 5.48. The Morgan fingerprint density at radius 2 is 2.31 bits per heavy atom. The number of benzene rings is 1. The first-order valence-corrected chi connectivity index (χ1v) is 4.94. The Labute approximate surface area is 91.8 Å². The molecule has 2 aromatic rings. The first-order chi connectivity index (χ1) is 7.77. The minimum absolute atomic E-state index is 0.358. The van der Waals surface area contributed by atoms with Crippen molar-refractivity contribution in [2.24, 2.45) is 0 Å². The lowest BCUT2D eigenvalue weighted by atomic mass is 10.1. The van der Waals surface area contributed by atoms with E-state index in [2.05, 4.69) is 15.5 Å². The van der Waals surface area contributed by atoms with Gasteiger partial charge < -0.3 is 4.74 Å². The summed E-state index contributed by atoms with van der Waals surface area (Å²) in [6.45, 7) is 1.99. The second-order valence-corrected chi connectivity index (χ2v) is 3.23. The Morgan fingerprint density at radius 3 is 2.88 bits per heavy atom. The molecule has 0 unspecified atom stereocenters. The van der Waals surface area contributed by atoms with Crippen molar-refractivity contribution in [3.63, 3.8) is 0 Å². The normalized spacial score (nSPS) is 10.4. The predicted octanol–water partition coefficient (Wildman–Crippen LogP) is 0.527. The van der Waals surface area contributed by atoms with Gasteiger partial charge in [-0.15, -0.1) is 0 Å². The van der Waals surface area contributed by atoms with Gasteiger partial charge in [0.15, 0.2) is 0 Å². The molecular formula is C10H12N4O2. The van der Waals surface area contributed by atoms with Gasteiger partial charge in [0.05, 0.1) is 12.8 Å². The second kappa shape index (κ2) is 4.18. The highest BCUT2D eigenvalue weighted by molar-refractivity contribution is 5.48. The van der Waals surface area contributed by atoms with Crippen LogP contribution in [-0.2, 0) is 6.42 Å². The first-order valence-electron chi connectivity index (χ1n) is 4.94. The van der Waals surface area contributed by atoms with Gasteiger partial charge in [-0.1, -0.05) is 13.0 Å². The predicted molar refractivity (Wildman–Crippen MR) is 57.9 cm³/mol. The first kappa shape index (κ1) is 10.4. The molecule has 6 nitrogen and oxygen atoms in total. The number of aromatic amines is 1. The molecule has 0 atom stereocenters. The van der Waals surface area contributed by atoms with E-state index in [1.54, 1.807) is 7.11 Å². The fraction of sp³-hybridized carbons (Fsp3) is 0.300. The molecule has 0 amide bonds. The van der Waals surface area contributed by atoms with Crippen LogP contribution < -0.4 is 10.4 Å². The number of tetrazole rings is 1. The molecule has 0 aliphatic heterocycles. The summed E-state index contributed by atoms with van der Waals surface area (Å²) in [5, 5.41) is 9.44. The van der Waals surface area contributed by atoms with Crippen molar-refractivity contribution < 1.29 is 4.74 Å². The monoisotopic (exact) mass is 220 g/mol. The highest BCUT2D eigenvalue weighted by atomic mass is 16.5. The van der Waals surface area contributed by atoms with Crippen LogP contribution in [0.25, 0.3) is 5.69 Å². The van der Waals surface area contributed by atoms with Crippen LogP contribution in [0.1, 0.15) is 12.5 Å². The molecule has 0 radical (unpaired) electrons. The zero-order chi connectivity index (χ0) is 11.5. The van der Waals surface area contributed by atoms with E-state index in [0.717, 1.165) is 17.7 Å². The number of rotatable bonds is 3. The van der Waals surface area contributed by atoms with Crippen LogP contribution in [0.15, 0.2) is 23.0 Å². The van der Waals surface area contributed by atoms with Gasteiger partial charge in [0, 0.05) is 5.56 Å². The van der Waals surface area contributed by atoms with Crippen LogP contribution >= 0.6 is 0 Å². The summed E-state index contributed by atoms with van der Waals surface area (Å²) < 4.78 is 6.46. The molecule has 1 aromatic heterocycles. The van der Waals surface area contributed by atoms with E-state index in [0.29, 0.717) is 5.69 Å². The third kappa shape index (κ3) is 1.58. The fourth-order valence-electron chi connectivity index (χ4n) is 1.65. The quantitative estimate of drug-likeness (QED) is 0.818. The Morgan fingerprint density at radius 1 is 1.50 bits per heavy atom. The molecule has 6 heteroatoms. The van der Waals surface area contributed by atoms with Gasteiger partial charge in [0.1, 0.15) is 5.75 Å². The lowest BCUT2D eigenvalue weighted by molar-refractivity contribution is 0.409. The lowest BCUT2D eigenvalue weighted by Crippen LogP contribution is -2.17. The molecule has 1 N–H and O–H groups in total. The van der Waals surface area contributed by atoms with E-state index < -0.39 is 0 Å². The lowest BCUT2D eigenvalue weighted by Gasteiger charge is -2.10. The molecule has 0 spiro atoms. The minimum atomic E-state index is -0.358. The molecule has 0 saturated heterocycles. The summed E-state index contributed by atoms with van der Waals surface area (Å²) in [6.07, 6.45) is 0.749. The highest BCUT2D eigenvalue weighted by Gasteiger charge is 2.11. The molecule has 84 valence electrons. The zero-order valence-corrected chi connectivity index (χ0v) is 9.10. The molecule has 0 fully saturated rings. The second-order valence-electron chi connectivity index (χ2n) is 3.23. The van der Waals surface area contributed by atoms with Crippen molar-refractivity contribution in [2.45, 2.75) is 13.3 Å². The van der Waals surface area contributed by atoms with Crippen LogP contribution in [0.4, 0.5) is 0 Å². The number of hydrogen-bond donors (Lipinski definition) is 1. The molecule has 2 rings (SSSR count). The molecule has 1 heterocycles. The van der Waals surface area contributed by atoms with Crippen LogP contribution in [0.3, 0.4) is 0 Å².